The largest absolute Gasteiger partial charge is 0.278 e. The summed E-state index contributed by atoms with van der Waals surface area (Å²) in [6.07, 6.45) is 0. The van der Waals surface area contributed by atoms with E-state index in [-0.39, 0.29) is 0 Å². The number of fused-ring (bicyclic) bond motifs is 37. The third kappa shape index (κ3) is 13.5. The molecule has 0 saturated carbocycles. The second-order valence-electron chi connectivity index (χ2n) is 38.8. The van der Waals surface area contributed by atoms with Crippen LogP contribution in [0.5, 0.6) is 0 Å². The van der Waals surface area contributed by atoms with Gasteiger partial charge in [0.25, 0.3) is 0 Å². The monoisotopic (exact) mass is 1960 g/mol. The van der Waals surface area contributed by atoms with Gasteiger partial charge in [0.15, 0.2) is 0 Å². The van der Waals surface area contributed by atoms with Gasteiger partial charge in [-0.1, -0.05) is 413 Å². The molecule has 12 heteroatoms. The maximum Gasteiger partial charge on any atom is 0.235 e. The normalized spacial score (nSPS) is 12.0. The molecule has 33 rings (SSSR count). The molecular weight excluding hydrogens is 1880 g/mol. The first-order valence-corrected chi connectivity index (χ1v) is 53.2. The SMILES string of the molecule is c1ccc(-c2ccc3nc(-n4c5ccccc5c5c6c7ccccc7ccc6c6sc7ccccc7c6c54)nc(-c4ccccc4)c3c2)cc1.c1ccc(-c2ccc3nc(-n4c5ccccc5c5c6ccc7ccc8c9ccccc9sc8c7c6ccc54)nc(-c4ccccc4)c3c2)cc1.c1ccc(-c2ccc3nc(-n4c5ccccc5c5ccc6c(ccc7ccc8c9ccccc9sc8c76)c54)nc(-c4ccccc4)c3c2)cc1. The summed E-state index contributed by atoms with van der Waals surface area (Å²) >= 11 is 5.65. The van der Waals surface area contributed by atoms with Crippen molar-refractivity contribution in [3.05, 3.63) is 491 Å². The molecule has 0 aliphatic heterocycles. The Balaban J connectivity index is 0.000000101. The number of hydrogen-bond donors (Lipinski definition) is 0. The zero-order valence-electron chi connectivity index (χ0n) is 80.5. The van der Waals surface area contributed by atoms with E-state index < -0.39 is 0 Å². The van der Waals surface area contributed by atoms with Gasteiger partial charge < -0.3 is 0 Å². The zero-order chi connectivity index (χ0) is 98.3. The number of hydrogen-bond acceptors (Lipinski definition) is 9. The molecular formula is C138H81N9S3. The van der Waals surface area contributed by atoms with Gasteiger partial charge in [0, 0.05) is 153 Å². The van der Waals surface area contributed by atoms with Crippen molar-refractivity contribution in [1.82, 2.24) is 43.6 Å². The summed E-state index contributed by atoms with van der Waals surface area (Å²) in [4.78, 5) is 32.4. The standard InChI is InChI=1S/3C46H27N3S/c1-3-11-28(12-4-1)31-21-25-38-37(27-31)44(30-13-5-2-6-14-30)48-46(47-38)49-39-17-9-7-16-36(39)43-34-22-19-29-20-23-35-32-15-8-10-18-41(32)50-45(35)42(29)33(34)24-26-40(43)49;1-3-11-28(12-4-1)31-21-26-39-38(27-31)43(30-13-5-2-6-14-30)48-46(47-39)49-40-17-9-7-15-32(40)35-25-24-34-36(44(35)49)22-19-29-20-23-37-33-16-8-10-18-41(33)50-45(37)42(29)34;1-3-13-28(14-4-1)31-24-26-37-36(27-31)43(30-16-5-2-6-17-30)48-46(47-37)49-38-21-11-9-19-33(38)41-40-32-18-8-7-15-29(32)23-25-35(40)45-42(44(41)49)34-20-10-12-22-39(34)50-45/h3*1-27H. The van der Waals surface area contributed by atoms with Crippen LogP contribution in [0, 0.1) is 0 Å². The van der Waals surface area contributed by atoms with Crippen LogP contribution in [0.3, 0.4) is 0 Å². The van der Waals surface area contributed by atoms with Gasteiger partial charge in [0.05, 0.1) is 66.7 Å². The van der Waals surface area contributed by atoms with Crippen LogP contribution < -0.4 is 0 Å². The summed E-state index contributed by atoms with van der Waals surface area (Å²) in [5, 5.41) is 33.3. The summed E-state index contributed by atoms with van der Waals surface area (Å²) in [7, 11) is 0. The van der Waals surface area contributed by atoms with Gasteiger partial charge in [-0.25, -0.2) is 29.9 Å². The molecule has 0 atom stereocenters. The molecule has 0 saturated heterocycles. The Bertz CT molecular complexity index is 11500. The second-order valence-corrected chi connectivity index (χ2v) is 42.0. The van der Waals surface area contributed by atoms with E-state index >= 15 is 0 Å². The van der Waals surface area contributed by atoms with E-state index in [2.05, 4.69) is 505 Å². The van der Waals surface area contributed by atoms with E-state index in [0.29, 0.717) is 17.8 Å². The number of nitrogens with zero attached hydrogens (tertiary/aromatic N) is 9. The van der Waals surface area contributed by atoms with E-state index in [9.17, 15) is 0 Å². The molecule has 0 radical (unpaired) electrons. The third-order valence-corrected chi connectivity index (χ3v) is 34.2. The predicted molar refractivity (Wildman–Crippen MR) is 638 cm³/mol. The summed E-state index contributed by atoms with van der Waals surface area (Å²) in [5.74, 6) is 2.01. The van der Waals surface area contributed by atoms with Crippen molar-refractivity contribution in [2.24, 2.45) is 0 Å². The first kappa shape index (κ1) is 85.3. The van der Waals surface area contributed by atoms with Crippen molar-refractivity contribution in [3.8, 4) is 85.0 Å². The minimum Gasteiger partial charge on any atom is -0.278 e. The molecule has 0 spiro atoms. The average Bonchev–Trinajstić information content (AvgIpc) is 1.53. The summed E-state index contributed by atoms with van der Waals surface area (Å²) in [6.45, 7) is 0. The van der Waals surface area contributed by atoms with Gasteiger partial charge in [-0.15, -0.1) is 34.0 Å². The predicted octanol–water partition coefficient (Wildman–Crippen LogP) is 38.2. The molecule has 696 valence electrons. The fourth-order valence-electron chi connectivity index (χ4n) is 23.8. The van der Waals surface area contributed by atoms with E-state index in [0.717, 1.165) is 116 Å². The van der Waals surface area contributed by atoms with Crippen molar-refractivity contribution in [2.45, 2.75) is 0 Å². The molecule has 33 aromatic rings. The van der Waals surface area contributed by atoms with Gasteiger partial charge in [0.2, 0.25) is 17.8 Å². The molecule has 0 aliphatic carbocycles. The topological polar surface area (TPSA) is 92.1 Å². The van der Waals surface area contributed by atoms with E-state index in [1.807, 2.05) is 34.0 Å². The lowest BCUT2D eigenvalue weighted by Crippen LogP contribution is -2.04. The number of aromatic nitrogens is 9. The zero-order valence-corrected chi connectivity index (χ0v) is 83.0. The Morgan fingerprint density at radius 2 is 0.460 bits per heavy atom. The highest BCUT2D eigenvalue weighted by atomic mass is 32.1. The molecule has 0 unspecified atom stereocenters. The van der Waals surface area contributed by atoms with Gasteiger partial charge >= 0.3 is 0 Å². The Morgan fingerprint density at radius 1 is 0.147 bits per heavy atom. The number of benzene rings is 24. The molecule has 0 bridgehead atoms. The van der Waals surface area contributed by atoms with Gasteiger partial charge in [-0.3, -0.25) is 13.7 Å². The van der Waals surface area contributed by atoms with E-state index in [1.165, 1.54) is 174 Å². The molecule has 9 heterocycles. The lowest BCUT2D eigenvalue weighted by molar-refractivity contribution is 1.01. The second kappa shape index (κ2) is 34.3. The van der Waals surface area contributed by atoms with Gasteiger partial charge in [-0.05, 0) is 150 Å². The van der Waals surface area contributed by atoms with Crippen LogP contribution in [0.2, 0.25) is 0 Å². The van der Waals surface area contributed by atoms with Crippen molar-refractivity contribution in [3.63, 3.8) is 0 Å². The van der Waals surface area contributed by atoms with Crippen LogP contribution in [0.15, 0.2) is 491 Å². The summed E-state index contributed by atoms with van der Waals surface area (Å²) in [5.41, 5.74) is 22.3. The van der Waals surface area contributed by atoms with Crippen molar-refractivity contribution >= 4 is 257 Å². The number of para-hydroxylation sites is 3. The molecule has 0 fully saturated rings. The van der Waals surface area contributed by atoms with Crippen LogP contribution in [0.4, 0.5) is 0 Å². The van der Waals surface area contributed by atoms with Gasteiger partial charge in [0.1, 0.15) is 0 Å². The minimum atomic E-state index is 0.669. The van der Waals surface area contributed by atoms with Crippen molar-refractivity contribution in [2.75, 3.05) is 0 Å². The highest BCUT2D eigenvalue weighted by Crippen LogP contribution is 2.53. The molecule has 24 aromatic carbocycles. The molecule has 9 nitrogen and oxygen atoms in total. The van der Waals surface area contributed by atoms with Crippen molar-refractivity contribution in [1.29, 1.82) is 0 Å². The maximum absolute atomic E-state index is 5.52. The van der Waals surface area contributed by atoms with Crippen LogP contribution in [-0.4, -0.2) is 43.6 Å². The fraction of sp³-hybridized carbons (Fsp3) is 0. The van der Waals surface area contributed by atoms with Crippen LogP contribution in [0.25, 0.3) is 308 Å². The summed E-state index contributed by atoms with van der Waals surface area (Å²) < 4.78 is 14.8. The minimum absolute atomic E-state index is 0.669. The van der Waals surface area contributed by atoms with E-state index in [4.69, 9.17) is 29.9 Å². The quantitative estimate of drug-likeness (QED) is 0.134. The Kier molecular flexibility index (Phi) is 19.5. The average molecular weight is 1960 g/mol. The molecule has 0 amide bonds. The number of rotatable bonds is 9. The highest BCUT2D eigenvalue weighted by molar-refractivity contribution is 7.28. The lowest BCUT2D eigenvalue weighted by atomic mass is 9.95. The van der Waals surface area contributed by atoms with Crippen LogP contribution in [0.1, 0.15) is 0 Å². The maximum atomic E-state index is 5.52. The Hall–Kier alpha value is -19.1. The Morgan fingerprint density at radius 3 is 0.947 bits per heavy atom. The fourth-order valence-corrected chi connectivity index (χ4v) is 27.6. The van der Waals surface area contributed by atoms with Crippen LogP contribution in [-0.2, 0) is 0 Å². The van der Waals surface area contributed by atoms with E-state index in [1.54, 1.807) is 0 Å². The van der Waals surface area contributed by atoms with Gasteiger partial charge in [-0.2, -0.15) is 0 Å². The highest BCUT2D eigenvalue weighted by Gasteiger charge is 2.29. The third-order valence-electron chi connectivity index (χ3n) is 30.6. The molecule has 0 N–H and O–H groups in total. The molecule has 150 heavy (non-hydrogen) atoms. The lowest BCUT2D eigenvalue weighted by Gasteiger charge is -2.14. The molecule has 9 aromatic heterocycles. The van der Waals surface area contributed by atoms with Crippen molar-refractivity contribution < 1.29 is 0 Å². The smallest absolute Gasteiger partial charge is 0.235 e. The molecule has 0 aliphatic rings. The summed E-state index contributed by atoms with van der Waals surface area (Å²) in [6, 6.07) is 176. The van der Waals surface area contributed by atoms with Crippen LogP contribution >= 0.6 is 34.0 Å². The number of thiophene rings is 3. The Labute approximate surface area is 870 Å². The first-order valence-electron chi connectivity index (χ1n) is 50.8. The first-order chi connectivity index (χ1) is 74.4.